The summed E-state index contributed by atoms with van der Waals surface area (Å²) in [5.74, 6) is -0.0808. The Morgan fingerprint density at radius 2 is 1.24 bits per heavy atom. The zero-order valence-electron chi connectivity index (χ0n) is 19.3. The van der Waals surface area contributed by atoms with Gasteiger partial charge in [-0.25, -0.2) is 9.97 Å². The lowest BCUT2D eigenvalue weighted by Gasteiger charge is -2.24. The largest absolute Gasteiger partial charge is 0.494 e. The van der Waals surface area contributed by atoms with Crippen LogP contribution < -0.4 is 26.8 Å². The normalized spacial score (nSPS) is 12.4. The number of aromatic nitrogens is 2. The molecule has 0 aliphatic heterocycles. The quantitative estimate of drug-likeness (QED) is 0.330. The summed E-state index contributed by atoms with van der Waals surface area (Å²) in [6.45, 7) is 7.47. The lowest BCUT2D eigenvalue weighted by Crippen LogP contribution is -2.50. The van der Waals surface area contributed by atoms with E-state index < -0.39 is 11.1 Å². The monoisotopic (exact) mass is 512 g/mol. The maximum Gasteiger partial charge on any atom is 0.246 e. The summed E-state index contributed by atoms with van der Waals surface area (Å²) in [7, 11) is 1.54. The van der Waals surface area contributed by atoms with Gasteiger partial charge in [-0.1, -0.05) is 62.0 Å². The van der Waals surface area contributed by atoms with Crippen LogP contribution in [0.5, 0.6) is 5.75 Å². The topological polar surface area (TPSA) is 145 Å². The number of halogens is 1. The van der Waals surface area contributed by atoms with E-state index in [0.717, 1.165) is 0 Å². The maximum absolute atomic E-state index is 12.7. The van der Waals surface area contributed by atoms with Crippen molar-refractivity contribution in [3.8, 4) is 5.75 Å². The van der Waals surface area contributed by atoms with Crippen molar-refractivity contribution in [3.63, 3.8) is 0 Å². The Bertz CT molecular complexity index is 1110. The van der Waals surface area contributed by atoms with E-state index >= 15 is 0 Å². The Morgan fingerprint density at radius 1 is 0.879 bits per heavy atom. The first-order chi connectivity index (χ1) is 15.6. The predicted octanol–water partition coefficient (Wildman–Crippen LogP) is 4.48. The highest BCUT2D eigenvalue weighted by atomic mass is 35.5. The Hall–Kier alpha value is -2.05. The maximum atomic E-state index is 12.7. The number of methoxy groups -OCH3 is 1. The summed E-state index contributed by atoms with van der Waals surface area (Å²) in [6, 6.07) is 0. The van der Waals surface area contributed by atoms with Crippen molar-refractivity contribution in [2.45, 2.75) is 64.5 Å². The Morgan fingerprint density at radius 3 is 1.55 bits per heavy atom. The minimum atomic E-state index is -0.976. The molecule has 33 heavy (non-hydrogen) atoms. The summed E-state index contributed by atoms with van der Waals surface area (Å²) in [6.07, 6.45) is 1.99. The van der Waals surface area contributed by atoms with Gasteiger partial charge in [0, 0.05) is 0 Å². The molecule has 0 atom stereocenters. The minimum absolute atomic E-state index is 0.302. The number of amides is 2. The zero-order chi connectivity index (χ0) is 24.6. The van der Waals surface area contributed by atoms with Crippen molar-refractivity contribution < 1.29 is 14.3 Å². The van der Waals surface area contributed by atoms with Gasteiger partial charge in [0.1, 0.15) is 20.4 Å². The Balaban J connectivity index is 2.03. The number of fused-ring (bicyclic) bond motifs is 2. The molecule has 0 spiro atoms. The highest BCUT2D eigenvalue weighted by molar-refractivity contribution is 7.25. The average molecular weight is 513 g/mol. The molecular weight excluding hydrogens is 484 g/mol. The van der Waals surface area contributed by atoms with Crippen molar-refractivity contribution in [2.75, 3.05) is 17.7 Å². The number of carbonyl (C=O) groups is 2. The van der Waals surface area contributed by atoms with Gasteiger partial charge < -0.3 is 26.8 Å². The third-order valence-corrected chi connectivity index (χ3v) is 8.45. The average Bonchev–Trinajstić information content (AvgIpc) is 3.42. The highest BCUT2D eigenvalue weighted by Crippen LogP contribution is 2.47. The van der Waals surface area contributed by atoms with Crippen LogP contribution in [0.2, 0.25) is 5.02 Å². The first-order valence-corrected chi connectivity index (χ1v) is 12.8. The molecule has 0 saturated heterocycles. The van der Waals surface area contributed by atoms with E-state index in [-0.39, 0.29) is 11.8 Å². The lowest BCUT2D eigenvalue weighted by atomic mass is 9.93. The van der Waals surface area contributed by atoms with Crippen LogP contribution in [0.25, 0.3) is 20.4 Å². The molecule has 0 aliphatic rings. The first-order valence-electron chi connectivity index (χ1n) is 10.7. The van der Waals surface area contributed by atoms with Crippen molar-refractivity contribution in [1.82, 2.24) is 9.97 Å². The molecule has 0 aliphatic carbocycles. The summed E-state index contributed by atoms with van der Waals surface area (Å²) in [5, 5.41) is 6.67. The number of hydrogen-bond acceptors (Lipinski definition) is 9. The Labute approximate surface area is 205 Å². The van der Waals surface area contributed by atoms with Crippen molar-refractivity contribution in [3.05, 3.63) is 5.02 Å². The van der Waals surface area contributed by atoms with E-state index in [2.05, 4.69) is 20.6 Å². The number of nitrogens with two attached hydrogens (primary N) is 2. The number of benzene rings is 1. The fourth-order valence-corrected chi connectivity index (χ4v) is 5.78. The van der Waals surface area contributed by atoms with Crippen molar-refractivity contribution >= 4 is 76.8 Å². The zero-order valence-corrected chi connectivity index (χ0v) is 21.7. The summed E-state index contributed by atoms with van der Waals surface area (Å²) in [5.41, 5.74) is 11.4. The molecule has 0 unspecified atom stereocenters. The number of hydrogen-bond donors (Lipinski definition) is 4. The number of ether oxygens (including phenoxy) is 1. The van der Waals surface area contributed by atoms with Crippen LogP contribution in [0.1, 0.15) is 53.4 Å². The number of anilines is 2. The van der Waals surface area contributed by atoms with Gasteiger partial charge in [-0.3, -0.25) is 9.59 Å². The molecule has 180 valence electrons. The number of thiazole rings is 2. The molecule has 3 aromatic rings. The number of rotatable bonds is 9. The smallest absolute Gasteiger partial charge is 0.246 e. The molecule has 0 radical (unpaired) electrons. The molecule has 2 amide bonds. The van der Waals surface area contributed by atoms with E-state index in [9.17, 15) is 9.59 Å². The van der Waals surface area contributed by atoms with Gasteiger partial charge in [0.25, 0.3) is 0 Å². The predicted molar refractivity (Wildman–Crippen MR) is 137 cm³/mol. The second-order valence-corrected chi connectivity index (χ2v) is 10.3. The summed E-state index contributed by atoms with van der Waals surface area (Å²) < 4.78 is 6.99. The van der Waals surface area contributed by atoms with Crippen LogP contribution in [0.4, 0.5) is 10.3 Å². The van der Waals surface area contributed by atoms with Gasteiger partial charge in [0.2, 0.25) is 11.8 Å². The van der Waals surface area contributed by atoms with Crippen LogP contribution in [0.15, 0.2) is 0 Å². The molecule has 1 aromatic carbocycles. The molecule has 2 heterocycles. The van der Waals surface area contributed by atoms with Crippen LogP contribution >= 0.6 is 34.3 Å². The second kappa shape index (κ2) is 9.67. The molecule has 2 aromatic heterocycles. The van der Waals surface area contributed by atoms with Gasteiger partial charge in [0.05, 0.1) is 23.2 Å². The van der Waals surface area contributed by atoms with Gasteiger partial charge in [0.15, 0.2) is 16.0 Å². The molecular formula is C21H29ClN6O3S2. The van der Waals surface area contributed by atoms with Gasteiger partial charge >= 0.3 is 0 Å². The van der Waals surface area contributed by atoms with Crippen molar-refractivity contribution in [1.29, 1.82) is 0 Å². The number of nitrogens with one attached hydrogen (secondary N) is 2. The minimum Gasteiger partial charge on any atom is -0.494 e. The molecule has 0 bridgehead atoms. The van der Waals surface area contributed by atoms with Crippen LogP contribution in [0, 0.1) is 0 Å². The van der Waals surface area contributed by atoms with Crippen LogP contribution in [-0.2, 0) is 9.59 Å². The van der Waals surface area contributed by atoms with Crippen molar-refractivity contribution in [2.24, 2.45) is 11.5 Å². The summed E-state index contributed by atoms with van der Waals surface area (Å²) >= 11 is 9.13. The molecule has 3 rings (SSSR count). The van der Waals surface area contributed by atoms with E-state index in [1.54, 1.807) is 0 Å². The standard InChI is InChI=1S/C21H29ClN6O3S2/c1-6-20(23,7-2)16(29)27-18-25-11-10(22)12-15(13(31-5)14(11)32-18)33-19(26-12)28-17(30)21(24,8-3)9-4/h6-9,23-24H2,1-5H3,(H,25,27,29)(H,26,28,30). The molecule has 12 heteroatoms. The van der Waals surface area contributed by atoms with E-state index in [1.807, 2.05) is 27.7 Å². The van der Waals surface area contributed by atoms with Crippen LogP contribution in [0.3, 0.4) is 0 Å². The van der Waals surface area contributed by atoms with E-state index in [1.165, 1.54) is 29.8 Å². The van der Waals surface area contributed by atoms with Crippen LogP contribution in [-0.4, -0.2) is 40.0 Å². The third-order valence-electron chi connectivity index (χ3n) is 6.16. The highest BCUT2D eigenvalue weighted by Gasteiger charge is 2.32. The second-order valence-electron chi connectivity index (χ2n) is 7.88. The van der Waals surface area contributed by atoms with Gasteiger partial charge in [-0.05, 0) is 25.7 Å². The van der Waals surface area contributed by atoms with Gasteiger partial charge in [-0.2, -0.15) is 0 Å². The fourth-order valence-electron chi connectivity index (χ4n) is 3.34. The molecule has 6 N–H and O–H groups in total. The third kappa shape index (κ3) is 4.52. The molecule has 0 saturated carbocycles. The number of carbonyl (C=O) groups excluding carboxylic acids is 2. The SMILES string of the molecule is CCC(N)(CC)C(=O)Nc1nc2c(Cl)c3nc(NC(=O)C(N)(CC)CC)sc3c(OC)c2s1. The van der Waals surface area contributed by atoms with Gasteiger partial charge in [-0.15, -0.1) is 0 Å². The van der Waals surface area contributed by atoms with E-state index in [0.29, 0.717) is 67.2 Å². The first kappa shape index (κ1) is 25.6. The summed E-state index contributed by atoms with van der Waals surface area (Å²) in [4.78, 5) is 34.4. The number of nitrogens with zero attached hydrogens (tertiary/aromatic N) is 2. The Kier molecular flexibility index (Phi) is 7.49. The molecule has 0 fully saturated rings. The lowest BCUT2D eigenvalue weighted by molar-refractivity contribution is -0.122. The fraction of sp³-hybridized carbons (Fsp3) is 0.524. The molecule has 9 nitrogen and oxygen atoms in total. The van der Waals surface area contributed by atoms with E-state index in [4.69, 9.17) is 27.8 Å².